The molecule has 0 spiro atoms. The van der Waals surface area contributed by atoms with Crippen molar-refractivity contribution < 1.29 is 9.18 Å². The molecule has 106 valence electrons. The van der Waals surface area contributed by atoms with Crippen LogP contribution in [0.5, 0.6) is 0 Å². The standard InChI is InChI=1S/C13H13ClFN3OS/c1-6-9(12(19)16-2)11(18-13(20)17-6)10-7(14)4-3-5-8(10)15/h3-5,11H,1-2H3,(H,16,19)(H2,17,18,20)/t11-/m0/s1. The number of amides is 1. The predicted molar refractivity (Wildman–Crippen MR) is 79.8 cm³/mol. The summed E-state index contributed by atoms with van der Waals surface area (Å²) in [7, 11) is 1.51. The van der Waals surface area contributed by atoms with E-state index in [1.807, 2.05) is 0 Å². The zero-order valence-corrected chi connectivity index (χ0v) is 12.5. The van der Waals surface area contributed by atoms with Crippen LogP contribution in [0.4, 0.5) is 4.39 Å². The Morgan fingerprint density at radius 3 is 2.80 bits per heavy atom. The highest BCUT2D eigenvalue weighted by molar-refractivity contribution is 7.80. The molecule has 3 N–H and O–H groups in total. The highest BCUT2D eigenvalue weighted by Gasteiger charge is 2.32. The third-order valence-electron chi connectivity index (χ3n) is 3.03. The Morgan fingerprint density at radius 1 is 1.50 bits per heavy atom. The van der Waals surface area contributed by atoms with Crippen molar-refractivity contribution in [3.05, 3.63) is 45.9 Å². The molecule has 20 heavy (non-hydrogen) atoms. The van der Waals surface area contributed by atoms with Crippen LogP contribution in [0.15, 0.2) is 29.5 Å². The molecule has 0 saturated heterocycles. The Kier molecular flexibility index (Phi) is 4.25. The first-order chi connectivity index (χ1) is 9.45. The average Bonchev–Trinajstić information content (AvgIpc) is 2.37. The molecule has 1 aliphatic rings. The van der Waals surface area contributed by atoms with Crippen molar-refractivity contribution in [1.82, 2.24) is 16.0 Å². The number of benzene rings is 1. The molecule has 1 amide bonds. The maximum Gasteiger partial charge on any atom is 0.251 e. The monoisotopic (exact) mass is 313 g/mol. The van der Waals surface area contributed by atoms with Gasteiger partial charge in [-0.15, -0.1) is 0 Å². The van der Waals surface area contributed by atoms with Crippen molar-refractivity contribution in [3.8, 4) is 0 Å². The van der Waals surface area contributed by atoms with Crippen molar-refractivity contribution in [2.45, 2.75) is 13.0 Å². The second kappa shape index (κ2) is 5.76. The summed E-state index contributed by atoms with van der Waals surface area (Å²) < 4.78 is 14.1. The first-order valence-electron chi connectivity index (χ1n) is 5.90. The maximum atomic E-state index is 14.1. The molecule has 0 radical (unpaired) electrons. The van der Waals surface area contributed by atoms with E-state index in [0.29, 0.717) is 16.4 Å². The Balaban J connectivity index is 2.60. The molecule has 1 aromatic rings. The second-order valence-electron chi connectivity index (χ2n) is 4.28. The molecule has 2 rings (SSSR count). The Morgan fingerprint density at radius 2 is 2.20 bits per heavy atom. The van der Waals surface area contributed by atoms with E-state index in [2.05, 4.69) is 16.0 Å². The lowest BCUT2D eigenvalue weighted by Crippen LogP contribution is -2.46. The van der Waals surface area contributed by atoms with Gasteiger partial charge < -0.3 is 16.0 Å². The fraction of sp³-hybridized carbons (Fsp3) is 0.231. The first kappa shape index (κ1) is 14.7. The molecule has 1 aliphatic heterocycles. The Labute approximate surface area is 126 Å². The summed E-state index contributed by atoms with van der Waals surface area (Å²) in [4.78, 5) is 12.0. The van der Waals surface area contributed by atoms with Crippen molar-refractivity contribution in [1.29, 1.82) is 0 Å². The van der Waals surface area contributed by atoms with E-state index in [1.54, 1.807) is 13.0 Å². The van der Waals surface area contributed by atoms with E-state index in [1.165, 1.54) is 19.2 Å². The van der Waals surface area contributed by atoms with E-state index < -0.39 is 11.9 Å². The lowest BCUT2D eigenvalue weighted by atomic mass is 9.94. The second-order valence-corrected chi connectivity index (χ2v) is 5.10. The van der Waals surface area contributed by atoms with Crippen LogP contribution in [-0.4, -0.2) is 18.1 Å². The van der Waals surface area contributed by atoms with Crippen LogP contribution >= 0.6 is 23.8 Å². The topological polar surface area (TPSA) is 53.2 Å². The Bertz CT molecular complexity index is 597. The molecule has 1 heterocycles. The minimum atomic E-state index is -0.725. The predicted octanol–water partition coefficient (Wildman–Crippen LogP) is 2.02. The number of thiocarbonyl (C=S) groups is 1. The summed E-state index contributed by atoms with van der Waals surface area (Å²) in [6, 6.07) is 3.66. The number of hydrogen-bond acceptors (Lipinski definition) is 2. The van der Waals surface area contributed by atoms with Gasteiger partial charge in [-0.3, -0.25) is 4.79 Å². The molecular weight excluding hydrogens is 301 g/mol. The molecule has 0 fully saturated rings. The third-order valence-corrected chi connectivity index (χ3v) is 3.58. The van der Waals surface area contributed by atoms with E-state index in [0.717, 1.165) is 0 Å². The van der Waals surface area contributed by atoms with Gasteiger partial charge in [0.25, 0.3) is 5.91 Å². The van der Waals surface area contributed by atoms with E-state index in [-0.39, 0.29) is 16.5 Å². The van der Waals surface area contributed by atoms with Gasteiger partial charge in [-0.25, -0.2) is 4.39 Å². The van der Waals surface area contributed by atoms with Gasteiger partial charge in [-0.05, 0) is 31.3 Å². The normalized spacial score (nSPS) is 18.4. The first-order valence-corrected chi connectivity index (χ1v) is 6.68. The minimum absolute atomic E-state index is 0.205. The van der Waals surface area contributed by atoms with Crippen molar-refractivity contribution in [2.75, 3.05) is 7.05 Å². The summed E-state index contributed by atoms with van der Waals surface area (Å²) in [5.41, 5.74) is 1.13. The van der Waals surface area contributed by atoms with E-state index in [9.17, 15) is 9.18 Å². The smallest absolute Gasteiger partial charge is 0.251 e. The number of carbonyl (C=O) groups is 1. The zero-order valence-electron chi connectivity index (χ0n) is 10.9. The van der Waals surface area contributed by atoms with Gasteiger partial charge in [-0.1, -0.05) is 17.7 Å². The van der Waals surface area contributed by atoms with Crippen LogP contribution in [0.3, 0.4) is 0 Å². The number of likely N-dealkylation sites (N-methyl/N-ethyl adjacent to an activating group) is 1. The van der Waals surface area contributed by atoms with Crippen molar-refractivity contribution in [2.24, 2.45) is 0 Å². The van der Waals surface area contributed by atoms with Crippen molar-refractivity contribution >= 4 is 34.8 Å². The lowest BCUT2D eigenvalue weighted by Gasteiger charge is -2.30. The number of nitrogens with one attached hydrogen (secondary N) is 3. The van der Waals surface area contributed by atoms with E-state index in [4.69, 9.17) is 23.8 Å². The average molecular weight is 314 g/mol. The maximum absolute atomic E-state index is 14.1. The van der Waals surface area contributed by atoms with Gasteiger partial charge in [0.2, 0.25) is 0 Å². The molecule has 0 aliphatic carbocycles. The molecule has 4 nitrogen and oxygen atoms in total. The van der Waals surface area contributed by atoms with Crippen LogP contribution < -0.4 is 16.0 Å². The summed E-state index contributed by atoms with van der Waals surface area (Å²) >= 11 is 11.1. The fourth-order valence-corrected chi connectivity index (χ4v) is 2.68. The molecular formula is C13H13ClFN3OS. The largest absolute Gasteiger partial charge is 0.355 e. The molecule has 0 saturated carbocycles. The van der Waals surface area contributed by atoms with Gasteiger partial charge in [-0.2, -0.15) is 0 Å². The van der Waals surface area contributed by atoms with Crippen LogP contribution in [0.25, 0.3) is 0 Å². The van der Waals surface area contributed by atoms with Crippen LogP contribution in [-0.2, 0) is 4.79 Å². The van der Waals surface area contributed by atoms with Crippen LogP contribution in [0.2, 0.25) is 5.02 Å². The quantitative estimate of drug-likeness (QED) is 0.731. The van der Waals surface area contributed by atoms with Crippen LogP contribution in [0.1, 0.15) is 18.5 Å². The summed E-state index contributed by atoms with van der Waals surface area (Å²) in [6.07, 6.45) is 0. The fourth-order valence-electron chi connectivity index (χ4n) is 2.13. The molecule has 0 unspecified atom stereocenters. The van der Waals surface area contributed by atoms with Gasteiger partial charge in [0.1, 0.15) is 5.82 Å². The molecule has 1 aromatic carbocycles. The van der Waals surface area contributed by atoms with Gasteiger partial charge in [0.15, 0.2) is 5.11 Å². The van der Waals surface area contributed by atoms with Gasteiger partial charge >= 0.3 is 0 Å². The SMILES string of the molecule is CNC(=O)C1=C(C)NC(=S)N[C@@H]1c1c(F)cccc1Cl. The number of allylic oxidation sites excluding steroid dienone is 1. The third kappa shape index (κ3) is 2.62. The highest BCUT2D eigenvalue weighted by atomic mass is 35.5. The van der Waals surface area contributed by atoms with Gasteiger partial charge in [0, 0.05) is 23.3 Å². The minimum Gasteiger partial charge on any atom is -0.355 e. The number of rotatable bonds is 2. The number of hydrogen-bond donors (Lipinski definition) is 3. The highest BCUT2D eigenvalue weighted by Crippen LogP contribution is 2.33. The zero-order chi connectivity index (χ0) is 14.9. The van der Waals surface area contributed by atoms with E-state index >= 15 is 0 Å². The number of halogens is 2. The molecule has 0 aromatic heterocycles. The number of carbonyl (C=O) groups excluding carboxylic acids is 1. The summed E-state index contributed by atoms with van der Waals surface area (Å²) in [5, 5.41) is 8.83. The summed E-state index contributed by atoms with van der Waals surface area (Å²) in [6.45, 7) is 1.71. The summed E-state index contributed by atoms with van der Waals surface area (Å²) in [5.74, 6) is -0.816. The Hall–Kier alpha value is -1.66. The van der Waals surface area contributed by atoms with Crippen LogP contribution in [0, 0.1) is 5.82 Å². The molecule has 0 bridgehead atoms. The molecule has 7 heteroatoms. The van der Waals surface area contributed by atoms with Gasteiger partial charge in [0.05, 0.1) is 11.6 Å². The molecule has 1 atom stereocenters. The van der Waals surface area contributed by atoms with Crippen molar-refractivity contribution in [3.63, 3.8) is 0 Å². The lowest BCUT2D eigenvalue weighted by molar-refractivity contribution is -0.117.